The molecule has 2 aromatic rings. The summed E-state index contributed by atoms with van der Waals surface area (Å²) < 4.78 is 11.9. The lowest BCUT2D eigenvalue weighted by atomic mass is 10.3. The molecule has 2 heterocycles. The predicted octanol–water partition coefficient (Wildman–Crippen LogP) is 1.21. The quantitative estimate of drug-likeness (QED) is 0.775. The van der Waals surface area contributed by atoms with Crippen LogP contribution < -0.4 is 5.32 Å². The molecular weight excluding hydrogens is 274 g/mol. The number of carbonyl (C=O) groups is 2. The van der Waals surface area contributed by atoms with E-state index >= 15 is 0 Å². The number of amides is 1. The van der Waals surface area contributed by atoms with Gasteiger partial charge in [-0.3, -0.25) is 14.3 Å². The zero-order chi connectivity index (χ0) is 15.1. The van der Waals surface area contributed by atoms with Crippen molar-refractivity contribution in [2.24, 2.45) is 0 Å². The van der Waals surface area contributed by atoms with Gasteiger partial charge in [0.25, 0.3) is 5.91 Å². The minimum Gasteiger partial charge on any atom is -0.466 e. The van der Waals surface area contributed by atoms with Crippen molar-refractivity contribution >= 4 is 11.9 Å². The van der Waals surface area contributed by atoms with E-state index < -0.39 is 0 Å². The SMILES string of the molecule is CCOC(=O)CCNC(=O)c1ccc(Cn2cccn2)o1. The molecule has 0 saturated heterocycles. The number of carbonyl (C=O) groups excluding carboxylic acids is 2. The highest BCUT2D eigenvalue weighted by Gasteiger charge is 2.12. The van der Waals surface area contributed by atoms with Gasteiger partial charge in [0.05, 0.1) is 19.6 Å². The highest BCUT2D eigenvalue weighted by molar-refractivity contribution is 5.91. The van der Waals surface area contributed by atoms with Crippen molar-refractivity contribution in [2.75, 3.05) is 13.2 Å². The number of hydrogen-bond acceptors (Lipinski definition) is 5. The van der Waals surface area contributed by atoms with E-state index in [2.05, 4.69) is 10.4 Å². The Kier molecular flexibility index (Phi) is 5.14. The molecule has 0 aliphatic rings. The van der Waals surface area contributed by atoms with Crippen LogP contribution in [-0.2, 0) is 16.1 Å². The Morgan fingerprint density at radius 3 is 3.00 bits per heavy atom. The van der Waals surface area contributed by atoms with Crippen LogP contribution in [0.3, 0.4) is 0 Å². The first-order valence-electron chi connectivity index (χ1n) is 6.69. The van der Waals surface area contributed by atoms with Crippen molar-refractivity contribution in [2.45, 2.75) is 19.9 Å². The van der Waals surface area contributed by atoms with Crippen molar-refractivity contribution in [3.05, 3.63) is 42.1 Å². The van der Waals surface area contributed by atoms with Crippen molar-refractivity contribution in [1.82, 2.24) is 15.1 Å². The highest BCUT2D eigenvalue weighted by Crippen LogP contribution is 2.09. The summed E-state index contributed by atoms with van der Waals surface area (Å²) >= 11 is 0. The summed E-state index contributed by atoms with van der Waals surface area (Å²) in [6.07, 6.45) is 3.62. The number of hydrogen-bond donors (Lipinski definition) is 1. The monoisotopic (exact) mass is 291 g/mol. The molecule has 0 aliphatic heterocycles. The number of ether oxygens (including phenoxy) is 1. The van der Waals surface area contributed by atoms with Crippen LogP contribution in [0.15, 0.2) is 35.0 Å². The second kappa shape index (κ2) is 7.28. The fourth-order valence-corrected chi connectivity index (χ4v) is 1.74. The average Bonchev–Trinajstić information content (AvgIpc) is 3.11. The molecule has 0 atom stereocenters. The summed E-state index contributed by atoms with van der Waals surface area (Å²) in [6.45, 7) is 2.75. The number of nitrogens with zero attached hydrogens (tertiary/aromatic N) is 2. The maximum absolute atomic E-state index is 11.8. The predicted molar refractivity (Wildman–Crippen MR) is 73.6 cm³/mol. The minimum absolute atomic E-state index is 0.139. The lowest BCUT2D eigenvalue weighted by molar-refractivity contribution is -0.142. The molecular formula is C14H17N3O4. The number of rotatable bonds is 7. The average molecular weight is 291 g/mol. The van der Waals surface area contributed by atoms with E-state index in [4.69, 9.17) is 9.15 Å². The zero-order valence-electron chi connectivity index (χ0n) is 11.7. The summed E-state index contributed by atoms with van der Waals surface area (Å²) in [5, 5.41) is 6.66. The molecule has 2 rings (SSSR count). The third-order valence-electron chi connectivity index (χ3n) is 2.68. The minimum atomic E-state index is -0.356. The molecule has 0 aromatic carbocycles. The summed E-state index contributed by atoms with van der Waals surface area (Å²) in [6, 6.07) is 5.13. The molecule has 7 heteroatoms. The van der Waals surface area contributed by atoms with Crippen LogP contribution in [0.2, 0.25) is 0 Å². The Hall–Kier alpha value is -2.57. The second-order valence-corrected chi connectivity index (χ2v) is 4.28. The molecule has 1 amide bonds. The third-order valence-corrected chi connectivity index (χ3v) is 2.68. The third kappa shape index (κ3) is 4.48. The number of furan rings is 1. The Morgan fingerprint density at radius 1 is 1.43 bits per heavy atom. The fourth-order valence-electron chi connectivity index (χ4n) is 1.74. The van der Waals surface area contributed by atoms with E-state index in [-0.39, 0.29) is 30.6 Å². The molecule has 1 N–H and O–H groups in total. The van der Waals surface area contributed by atoms with Gasteiger partial charge < -0.3 is 14.5 Å². The summed E-state index contributed by atoms with van der Waals surface area (Å²) in [4.78, 5) is 23.0. The zero-order valence-corrected chi connectivity index (χ0v) is 11.7. The van der Waals surface area contributed by atoms with Gasteiger partial charge in [-0.2, -0.15) is 5.10 Å². The smallest absolute Gasteiger partial charge is 0.307 e. The van der Waals surface area contributed by atoms with E-state index in [1.54, 1.807) is 29.9 Å². The van der Waals surface area contributed by atoms with Crippen LogP contribution >= 0.6 is 0 Å². The first-order valence-corrected chi connectivity index (χ1v) is 6.69. The number of nitrogens with one attached hydrogen (secondary N) is 1. The van der Waals surface area contributed by atoms with Crippen LogP contribution in [0.25, 0.3) is 0 Å². The maximum atomic E-state index is 11.8. The van der Waals surface area contributed by atoms with Crippen LogP contribution in [0.4, 0.5) is 0 Å². The van der Waals surface area contributed by atoms with Crippen LogP contribution in [0.5, 0.6) is 0 Å². The Labute approximate surface area is 121 Å². The maximum Gasteiger partial charge on any atom is 0.307 e. The lowest BCUT2D eigenvalue weighted by Gasteiger charge is -2.03. The summed E-state index contributed by atoms with van der Waals surface area (Å²) in [5.74, 6) is 0.151. The van der Waals surface area contributed by atoms with Gasteiger partial charge in [0.2, 0.25) is 0 Å². The molecule has 0 fully saturated rings. The van der Waals surface area contributed by atoms with Gasteiger partial charge in [-0.25, -0.2) is 0 Å². The van der Waals surface area contributed by atoms with Crippen molar-refractivity contribution in [3.63, 3.8) is 0 Å². The standard InChI is InChI=1S/C14H17N3O4/c1-2-20-13(18)6-8-15-14(19)12-5-4-11(21-12)10-17-9-3-7-16-17/h3-5,7,9H,2,6,8,10H2,1H3,(H,15,19). The van der Waals surface area contributed by atoms with Crippen LogP contribution in [-0.4, -0.2) is 34.8 Å². The molecule has 112 valence electrons. The van der Waals surface area contributed by atoms with Crippen LogP contribution in [0, 0.1) is 0 Å². The number of esters is 1. The second-order valence-electron chi connectivity index (χ2n) is 4.28. The van der Waals surface area contributed by atoms with E-state index in [1.807, 2.05) is 12.3 Å². The Bertz CT molecular complexity index is 589. The molecule has 0 radical (unpaired) electrons. The molecule has 0 spiro atoms. The largest absolute Gasteiger partial charge is 0.466 e. The van der Waals surface area contributed by atoms with Crippen molar-refractivity contribution < 1.29 is 18.7 Å². The van der Waals surface area contributed by atoms with E-state index in [0.717, 1.165) is 0 Å². The van der Waals surface area contributed by atoms with Crippen molar-refractivity contribution in [1.29, 1.82) is 0 Å². The van der Waals surface area contributed by atoms with Gasteiger partial charge in [-0.15, -0.1) is 0 Å². The Morgan fingerprint density at radius 2 is 2.29 bits per heavy atom. The fraction of sp³-hybridized carbons (Fsp3) is 0.357. The highest BCUT2D eigenvalue weighted by atomic mass is 16.5. The molecule has 7 nitrogen and oxygen atoms in total. The molecule has 2 aromatic heterocycles. The first kappa shape index (κ1) is 14.8. The molecule has 0 aliphatic carbocycles. The molecule has 21 heavy (non-hydrogen) atoms. The van der Waals surface area contributed by atoms with Gasteiger partial charge in [-0.1, -0.05) is 0 Å². The summed E-state index contributed by atoms with van der Waals surface area (Å²) in [5.41, 5.74) is 0. The van der Waals surface area contributed by atoms with E-state index in [0.29, 0.717) is 18.9 Å². The number of aromatic nitrogens is 2. The van der Waals surface area contributed by atoms with Gasteiger partial charge in [-0.05, 0) is 25.1 Å². The molecule has 0 unspecified atom stereocenters. The Balaban J connectivity index is 1.80. The van der Waals surface area contributed by atoms with E-state index in [1.165, 1.54) is 0 Å². The van der Waals surface area contributed by atoms with Gasteiger partial charge in [0.15, 0.2) is 5.76 Å². The summed E-state index contributed by atoms with van der Waals surface area (Å²) in [7, 11) is 0. The molecule has 0 bridgehead atoms. The lowest BCUT2D eigenvalue weighted by Crippen LogP contribution is -2.26. The topological polar surface area (TPSA) is 86.4 Å². The molecule has 0 saturated carbocycles. The van der Waals surface area contributed by atoms with Gasteiger partial charge in [0, 0.05) is 18.9 Å². The first-order chi connectivity index (χ1) is 10.2. The normalized spacial score (nSPS) is 10.3. The van der Waals surface area contributed by atoms with E-state index in [9.17, 15) is 9.59 Å². The van der Waals surface area contributed by atoms with Gasteiger partial charge in [0.1, 0.15) is 5.76 Å². The van der Waals surface area contributed by atoms with Crippen LogP contribution in [0.1, 0.15) is 29.7 Å². The van der Waals surface area contributed by atoms with Crippen molar-refractivity contribution in [3.8, 4) is 0 Å². The van der Waals surface area contributed by atoms with Gasteiger partial charge >= 0.3 is 5.97 Å².